The smallest absolute Gasteiger partial charge is 0.342 e. The van der Waals surface area contributed by atoms with Gasteiger partial charge in [-0.1, -0.05) is 0 Å². The molecule has 5 heterocycles. The number of fused-ring (bicyclic) bond motifs is 1. The summed E-state index contributed by atoms with van der Waals surface area (Å²) in [6.45, 7) is 5.08. The first kappa shape index (κ1) is 27.0. The van der Waals surface area contributed by atoms with Crippen molar-refractivity contribution in [3.8, 4) is 22.5 Å². The Morgan fingerprint density at radius 1 is 0.977 bits per heavy atom. The Balaban J connectivity index is 1.14. The quantitative estimate of drug-likeness (QED) is 0.217. The van der Waals surface area contributed by atoms with Gasteiger partial charge in [-0.2, -0.15) is 5.10 Å². The zero-order chi connectivity index (χ0) is 30.0. The van der Waals surface area contributed by atoms with Crippen molar-refractivity contribution in [2.24, 2.45) is 23.2 Å². The van der Waals surface area contributed by atoms with Crippen LogP contribution in [-0.4, -0.2) is 47.2 Å². The molecule has 5 aromatic rings. The third-order valence-corrected chi connectivity index (χ3v) is 10.3. The highest BCUT2D eigenvalue weighted by Crippen LogP contribution is 2.60. The van der Waals surface area contributed by atoms with Crippen molar-refractivity contribution < 1.29 is 9.53 Å². The van der Waals surface area contributed by atoms with Gasteiger partial charge in [0.05, 0.1) is 42.8 Å². The summed E-state index contributed by atoms with van der Waals surface area (Å²) in [7, 11) is 1.41. The van der Waals surface area contributed by atoms with Crippen molar-refractivity contribution in [2.45, 2.75) is 58.9 Å². The van der Waals surface area contributed by atoms with Gasteiger partial charge in [0.25, 0.3) is 0 Å². The highest BCUT2D eigenvalue weighted by atomic mass is 16.5. The molecule has 0 saturated heterocycles. The van der Waals surface area contributed by atoms with Gasteiger partial charge in [-0.25, -0.2) is 19.7 Å². The van der Waals surface area contributed by atoms with Crippen molar-refractivity contribution in [2.75, 3.05) is 12.4 Å². The minimum Gasteiger partial charge on any atom is -0.465 e. The number of nitrogens with one attached hydrogen (secondary N) is 1. The zero-order valence-electron chi connectivity index (χ0n) is 25.3. The number of anilines is 2. The fourth-order valence-corrected chi connectivity index (χ4v) is 8.75. The molecule has 0 spiro atoms. The van der Waals surface area contributed by atoms with Crippen molar-refractivity contribution in [1.82, 2.24) is 34.1 Å². The normalized spacial score (nSPS) is 23.8. The first-order valence-corrected chi connectivity index (χ1v) is 15.5. The van der Waals surface area contributed by atoms with Crippen molar-refractivity contribution >= 4 is 23.3 Å². The van der Waals surface area contributed by atoms with Gasteiger partial charge in [-0.15, -0.1) is 0 Å². The fraction of sp³-hybridized carbons (Fsp3) is 0.412. The Morgan fingerprint density at radius 2 is 1.70 bits per heavy atom. The minimum absolute atomic E-state index is 0.361. The summed E-state index contributed by atoms with van der Waals surface area (Å²) in [6.07, 6.45) is 19.0. The fourth-order valence-electron chi connectivity index (χ4n) is 8.75. The number of aromatic nitrogens is 7. The molecule has 0 aromatic carbocycles. The lowest BCUT2D eigenvalue weighted by Gasteiger charge is -2.56. The van der Waals surface area contributed by atoms with E-state index in [9.17, 15) is 4.79 Å². The van der Waals surface area contributed by atoms with Gasteiger partial charge in [-0.05, 0) is 99.3 Å². The summed E-state index contributed by atoms with van der Waals surface area (Å²) >= 11 is 0. The average molecular weight is 589 g/mol. The number of methoxy groups -OCH3 is 1. The van der Waals surface area contributed by atoms with E-state index in [1.54, 1.807) is 30.9 Å². The number of hydrogen-bond acceptors (Lipinski definition) is 8. The Labute approximate surface area is 255 Å². The molecule has 5 aromatic heterocycles. The molecule has 4 saturated carbocycles. The maximum atomic E-state index is 13.3. The van der Waals surface area contributed by atoms with E-state index in [2.05, 4.69) is 26.9 Å². The van der Waals surface area contributed by atoms with Crippen LogP contribution < -0.4 is 5.32 Å². The van der Waals surface area contributed by atoms with Crippen LogP contribution in [0.4, 0.5) is 11.6 Å². The highest BCUT2D eigenvalue weighted by Gasteiger charge is 2.51. The maximum Gasteiger partial charge on any atom is 0.342 e. The molecule has 0 amide bonds. The predicted octanol–water partition coefficient (Wildman–Crippen LogP) is 6.41. The standard InChI is InChI=1S/C34H36N8O2/c1-20-9-27(37-17-28(20)40-33-35-6-4-7-36-33)29-18-38-31-30(32(43)44-3)25(5-8-41(29)31)26-16-39-42(21(26)2)19-34-13-22-10-23(14-34)12-24(11-22)15-34/h4-9,16-18,22-24H,10-15,19H2,1-3H3,(H,35,36,40). The van der Waals surface area contributed by atoms with E-state index >= 15 is 0 Å². The van der Waals surface area contributed by atoms with E-state index in [0.717, 1.165) is 63.8 Å². The lowest BCUT2D eigenvalue weighted by Crippen LogP contribution is -2.48. The van der Waals surface area contributed by atoms with Crippen molar-refractivity contribution in [1.29, 1.82) is 0 Å². The van der Waals surface area contributed by atoms with Crippen LogP contribution in [0.2, 0.25) is 0 Å². The molecule has 0 unspecified atom stereocenters. The molecule has 10 nitrogen and oxygen atoms in total. The second-order valence-corrected chi connectivity index (χ2v) is 13.2. The average Bonchev–Trinajstić information content (AvgIpc) is 3.60. The van der Waals surface area contributed by atoms with Crippen molar-refractivity contribution in [3.63, 3.8) is 0 Å². The number of carbonyl (C=O) groups is 1. The van der Waals surface area contributed by atoms with Crippen LogP contribution in [0, 0.1) is 37.0 Å². The van der Waals surface area contributed by atoms with Gasteiger partial charge in [0.2, 0.25) is 5.95 Å². The minimum atomic E-state index is -0.428. The largest absolute Gasteiger partial charge is 0.465 e. The van der Waals surface area contributed by atoms with E-state index in [0.29, 0.717) is 22.6 Å². The molecule has 44 heavy (non-hydrogen) atoms. The number of aryl methyl sites for hydroxylation is 1. The molecule has 4 aliphatic carbocycles. The molecule has 4 bridgehead atoms. The number of esters is 1. The topological polar surface area (TPSA) is 112 Å². The first-order chi connectivity index (χ1) is 21.4. The van der Waals surface area contributed by atoms with Gasteiger partial charge in [0.15, 0.2) is 5.65 Å². The molecule has 10 heteroatoms. The van der Waals surface area contributed by atoms with Gasteiger partial charge in [0.1, 0.15) is 5.56 Å². The number of rotatable bonds is 7. The van der Waals surface area contributed by atoms with E-state index in [1.165, 1.54) is 45.6 Å². The lowest BCUT2D eigenvalue weighted by atomic mass is 9.49. The summed E-state index contributed by atoms with van der Waals surface area (Å²) in [5.41, 5.74) is 7.40. The van der Waals surface area contributed by atoms with E-state index in [1.807, 2.05) is 35.9 Å². The SMILES string of the molecule is COC(=O)c1c(-c2cnn(CC34CC5CC(CC(C5)C3)C4)c2C)ccn2c(-c3cc(C)c(Nc4ncccn4)cn3)cnc12. The van der Waals surface area contributed by atoms with Gasteiger partial charge >= 0.3 is 5.97 Å². The van der Waals surface area contributed by atoms with Crippen LogP contribution in [-0.2, 0) is 11.3 Å². The summed E-state index contributed by atoms with van der Waals surface area (Å²) < 4.78 is 9.39. The summed E-state index contributed by atoms with van der Waals surface area (Å²) in [6, 6.07) is 5.73. The van der Waals surface area contributed by atoms with Crippen LogP contribution >= 0.6 is 0 Å². The number of imidazole rings is 1. The van der Waals surface area contributed by atoms with E-state index in [4.69, 9.17) is 19.8 Å². The number of ether oxygens (including phenoxy) is 1. The van der Waals surface area contributed by atoms with Gasteiger partial charge < -0.3 is 10.1 Å². The van der Waals surface area contributed by atoms with Crippen molar-refractivity contribution in [3.05, 3.63) is 72.2 Å². The first-order valence-electron chi connectivity index (χ1n) is 15.5. The zero-order valence-corrected chi connectivity index (χ0v) is 25.3. The Morgan fingerprint density at radius 3 is 2.39 bits per heavy atom. The monoisotopic (exact) mass is 588 g/mol. The molecular formula is C34H36N8O2. The second kappa shape index (κ2) is 10.2. The van der Waals surface area contributed by atoms with Crippen LogP contribution in [0.5, 0.6) is 0 Å². The Hall–Kier alpha value is -4.60. The number of carbonyl (C=O) groups excluding carboxylic acids is 1. The second-order valence-electron chi connectivity index (χ2n) is 13.2. The number of pyridine rings is 2. The van der Waals surface area contributed by atoms with E-state index < -0.39 is 5.97 Å². The Kier molecular flexibility index (Phi) is 6.28. The Bertz CT molecular complexity index is 1860. The third-order valence-electron chi connectivity index (χ3n) is 10.3. The van der Waals surface area contributed by atoms with Crippen LogP contribution in [0.25, 0.3) is 28.2 Å². The lowest BCUT2D eigenvalue weighted by molar-refractivity contribution is -0.0638. The van der Waals surface area contributed by atoms with Crippen LogP contribution in [0.3, 0.4) is 0 Å². The number of nitrogens with zero attached hydrogens (tertiary/aromatic N) is 7. The maximum absolute atomic E-state index is 13.3. The molecule has 4 fully saturated rings. The highest BCUT2D eigenvalue weighted by molar-refractivity contribution is 6.03. The number of hydrogen-bond donors (Lipinski definition) is 1. The molecule has 9 rings (SSSR count). The third kappa shape index (κ3) is 4.46. The molecular weight excluding hydrogens is 552 g/mol. The molecule has 1 N–H and O–H groups in total. The molecule has 0 radical (unpaired) electrons. The molecule has 0 aliphatic heterocycles. The van der Waals surface area contributed by atoms with Crippen LogP contribution in [0.1, 0.15) is 60.1 Å². The van der Waals surface area contributed by atoms with Gasteiger partial charge in [-0.3, -0.25) is 14.1 Å². The summed E-state index contributed by atoms with van der Waals surface area (Å²) in [4.78, 5) is 31.2. The molecule has 0 atom stereocenters. The van der Waals surface area contributed by atoms with E-state index in [-0.39, 0.29) is 0 Å². The molecule has 224 valence electrons. The summed E-state index contributed by atoms with van der Waals surface area (Å²) in [5.74, 6) is 2.75. The van der Waals surface area contributed by atoms with Crippen LogP contribution in [0.15, 0.2) is 55.4 Å². The predicted molar refractivity (Wildman–Crippen MR) is 166 cm³/mol. The summed E-state index contributed by atoms with van der Waals surface area (Å²) in [5, 5.41) is 8.10. The molecule has 4 aliphatic rings. The van der Waals surface area contributed by atoms with Gasteiger partial charge in [0, 0.05) is 42.0 Å².